The number of ether oxygens (including phenoxy) is 1. The highest BCUT2D eigenvalue weighted by Gasteiger charge is 2.44. The molecule has 1 saturated heterocycles. The van der Waals surface area contributed by atoms with E-state index >= 15 is 0 Å². The smallest absolute Gasteiger partial charge is 0.271 e. The van der Waals surface area contributed by atoms with Gasteiger partial charge in [0.25, 0.3) is 5.91 Å². The number of carbonyl (C=O) groups excluding carboxylic acids is 1. The van der Waals surface area contributed by atoms with Crippen LogP contribution in [0.4, 0.5) is 0 Å². The van der Waals surface area contributed by atoms with Gasteiger partial charge in [-0.1, -0.05) is 18.2 Å². The number of hydrogen-bond donors (Lipinski definition) is 0. The summed E-state index contributed by atoms with van der Waals surface area (Å²) in [5.41, 5.74) is 3.10. The minimum atomic E-state index is 0.107. The largest absolute Gasteiger partial charge is 0.497 e. The molecule has 0 bridgehead atoms. The monoisotopic (exact) mass is 388 g/mol. The molecule has 6 heteroatoms. The van der Waals surface area contributed by atoms with E-state index in [1.54, 1.807) is 13.3 Å². The Balaban J connectivity index is 1.41. The Labute approximate surface area is 170 Å². The number of amides is 1. The van der Waals surface area contributed by atoms with Crippen LogP contribution >= 0.6 is 0 Å². The van der Waals surface area contributed by atoms with Crippen LogP contribution in [0.15, 0.2) is 67.1 Å². The highest BCUT2D eigenvalue weighted by Crippen LogP contribution is 2.35. The van der Waals surface area contributed by atoms with Crippen molar-refractivity contribution in [3.8, 4) is 5.75 Å². The maximum atomic E-state index is 13.3. The lowest BCUT2D eigenvalue weighted by atomic mass is 10.0. The van der Waals surface area contributed by atoms with Gasteiger partial charge in [0.15, 0.2) is 0 Å². The Morgan fingerprint density at radius 2 is 1.83 bits per heavy atom. The second-order valence-electron chi connectivity index (χ2n) is 7.77. The zero-order chi connectivity index (χ0) is 19.8. The first-order chi connectivity index (χ1) is 14.2. The number of benzene rings is 1. The zero-order valence-corrected chi connectivity index (χ0v) is 16.4. The number of hydrogen-bond acceptors (Lipinski definition) is 4. The molecular formula is C23H24N4O2. The summed E-state index contributed by atoms with van der Waals surface area (Å²) in [7, 11) is 1.66. The molecule has 3 aromatic rings. The third kappa shape index (κ3) is 3.29. The van der Waals surface area contributed by atoms with E-state index in [-0.39, 0.29) is 18.0 Å². The molecule has 0 spiro atoms. The van der Waals surface area contributed by atoms with E-state index in [9.17, 15) is 4.79 Å². The van der Waals surface area contributed by atoms with Crippen molar-refractivity contribution < 1.29 is 9.53 Å². The Morgan fingerprint density at radius 3 is 2.59 bits per heavy atom. The van der Waals surface area contributed by atoms with Crippen molar-refractivity contribution in [3.05, 3.63) is 83.9 Å². The van der Waals surface area contributed by atoms with E-state index in [1.807, 2.05) is 59.8 Å². The summed E-state index contributed by atoms with van der Waals surface area (Å²) in [6.45, 7) is 3.24. The molecule has 1 amide bonds. The number of aromatic nitrogens is 2. The molecule has 148 valence electrons. The highest BCUT2D eigenvalue weighted by molar-refractivity contribution is 5.94. The molecule has 2 aliphatic rings. The summed E-state index contributed by atoms with van der Waals surface area (Å²) in [4.78, 5) is 22.0. The first-order valence-corrected chi connectivity index (χ1v) is 9.95. The number of methoxy groups -OCH3 is 1. The summed E-state index contributed by atoms with van der Waals surface area (Å²) in [5, 5.41) is 0. The van der Waals surface area contributed by atoms with Gasteiger partial charge in [0.2, 0.25) is 0 Å². The standard InChI is InChI=1S/C23H24N4O2/c1-29-19-8-6-17(7-9-19)14-27-22-16-25(13-18-4-2-10-24-12-18)15-21(22)26-11-3-5-20(26)23(27)28/h2-12,21-22H,13-16H2,1H3/t21-,22+/m1/s1. The van der Waals surface area contributed by atoms with Gasteiger partial charge in [0.05, 0.1) is 19.2 Å². The quantitative estimate of drug-likeness (QED) is 0.674. The van der Waals surface area contributed by atoms with Gasteiger partial charge in [-0.3, -0.25) is 14.7 Å². The molecule has 2 aliphatic heterocycles. The predicted octanol–water partition coefficient (Wildman–Crippen LogP) is 2.97. The minimum absolute atomic E-state index is 0.107. The van der Waals surface area contributed by atoms with Gasteiger partial charge in [-0.25, -0.2) is 0 Å². The average molecular weight is 388 g/mol. The van der Waals surface area contributed by atoms with E-state index in [2.05, 4.69) is 20.5 Å². The number of rotatable bonds is 5. The van der Waals surface area contributed by atoms with Crippen molar-refractivity contribution in [2.45, 2.75) is 25.2 Å². The van der Waals surface area contributed by atoms with Crippen LogP contribution in [0.1, 0.15) is 27.7 Å². The van der Waals surface area contributed by atoms with E-state index in [0.29, 0.717) is 6.54 Å². The normalized spacial score (nSPS) is 21.1. The average Bonchev–Trinajstić information content (AvgIpc) is 3.39. The predicted molar refractivity (Wildman–Crippen MR) is 110 cm³/mol. The van der Waals surface area contributed by atoms with Gasteiger partial charge < -0.3 is 14.2 Å². The van der Waals surface area contributed by atoms with E-state index < -0.39 is 0 Å². The Bertz CT molecular complexity index is 999. The number of fused-ring (bicyclic) bond motifs is 3. The second-order valence-corrected chi connectivity index (χ2v) is 7.77. The molecule has 1 aromatic carbocycles. The number of nitrogens with zero attached hydrogens (tertiary/aromatic N) is 4. The summed E-state index contributed by atoms with van der Waals surface area (Å²) in [6, 6.07) is 16.4. The van der Waals surface area contributed by atoms with Crippen molar-refractivity contribution in [3.63, 3.8) is 0 Å². The fourth-order valence-electron chi connectivity index (χ4n) is 4.58. The molecule has 5 rings (SSSR count). The summed E-state index contributed by atoms with van der Waals surface area (Å²) in [5.74, 6) is 0.935. The van der Waals surface area contributed by atoms with Crippen LogP contribution in [0.25, 0.3) is 0 Å². The van der Waals surface area contributed by atoms with Crippen LogP contribution in [0.3, 0.4) is 0 Å². The zero-order valence-electron chi connectivity index (χ0n) is 16.4. The van der Waals surface area contributed by atoms with Gasteiger partial charge >= 0.3 is 0 Å². The molecule has 0 aliphatic carbocycles. The number of pyridine rings is 1. The fourth-order valence-corrected chi connectivity index (χ4v) is 4.58. The van der Waals surface area contributed by atoms with E-state index in [1.165, 1.54) is 5.56 Å². The van der Waals surface area contributed by atoms with E-state index in [0.717, 1.165) is 36.6 Å². The molecule has 0 N–H and O–H groups in total. The van der Waals surface area contributed by atoms with Crippen LogP contribution in [0, 0.1) is 0 Å². The van der Waals surface area contributed by atoms with Crippen molar-refractivity contribution in [2.75, 3.05) is 20.2 Å². The lowest BCUT2D eigenvalue weighted by Gasteiger charge is -2.38. The van der Waals surface area contributed by atoms with Crippen LogP contribution in [-0.2, 0) is 13.1 Å². The molecule has 0 saturated carbocycles. The lowest BCUT2D eigenvalue weighted by Crippen LogP contribution is -2.49. The first-order valence-electron chi connectivity index (χ1n) is 9.95. The molecular weight excluding hydrogens is 364 g/mol. The molecule has 0 unspecified atom stereocenters. The topological polar surface area (TPSA) is 50.6 Å². The first kappa shape index (κ1) is 17.9. The molecule has 4 heterocycles. The van der Waals surface area contributed by atoms with Crippen LogP contribution in [0.5, 0.6) is 5.75 Å². The van der Waals surface area contributed by atoms with Crippen LogP contribution in [0.2, 0.25) is 0 Å². The number of likely N-dealkylation sites (tertiary alicyclic amines) is 1. The third-order valence-corrected chi connectivity index (χ3v) is 5.99. The summed E-state index contributed by atoms with van der Waals surface area (Å²) >= 11 is 0. The highest BCUT2D eigenvalue weighted by atomic mass is 16.5. The van der Waals surface area contributed by atoms with Gasteiger partial charge in [-0.05, 0) is 41.5 Å². The molecule has 0 radical (unpaired) electrons. The number of carbonyl (C=O) groups is 1. The summed E-state index contributed by atoms with van der Waals surface area (Å²) < 4.78 is 7.43. The maximum absolute atomic E-state index is 13.3. The van der Waals surface area contributed by atoms with Gasteiger partial charge in [0.1, 0.15) is 11.4 Å². The lowest BCUT2D eigenvalue weighted by molar-refractivity contribution is 0.0556. The molecule has 2 aromatic heterocycles. The SMILES string of the molecule is COc1ccc(CN2C(=O)c3cccn3[C@@H]3CN(Cc4cccnc4)C[C@@H]32)cc1. The maximum Gasteiger partial charge on any atom is 0.271 e. The second kappa shape index (κ2) is 7.37. The Morgan fingerprint density at radius 1 is 1.00 bits per heavy atom. The Hall–Kier alpha value is -3.12. The van der Waals surface area contributed by atoms with Crippen molar-refractivity contribution in [2.24, 2.45) is 0 Å². The van der Waals surface area contributed by atoms with E-state index in [4.69, 9.17) is 4.74 Å². The van der Waals surface area contributed by atoms with Gasteiger partial charge in [0, 0.05) is 44.8 Å². The molecule has 29 heavy (non-hydrogen) atoms. The van der Waals surface area contributed by atoms with Crippen molar-refractivity contribution in [1.82, 2.24) is 19.4 Å². The Kier molecular flexibility index (Phi) is 4.56. The summed E-state index contributed by atoms with van der Waals surface area (Å²) in [6.07, 6.45) is 5.77. The third-order valence-electron chi connectivity index (χ3n) is 5.99. The van der Waals surface area contributed by atoms with Crippen LogP contribution in [-0.4, -0.2) is 51.5 Å². The van der Waals surface area contributed by atoms with Gasteiger partial charge in [-0.15, -0.1) is 0 Å². The van der Waals surface area contributed by atoms with Gasteiger partial charge in [-0.2, -0.15) is 0 Å². The molecule has 2 atom stereocenters. The fraction of sp³-hybridized carbons (Fsp3) is 0.304. The molecule has 1 fully saturated rings. The van der Waals surface area contributed by atoms with Crippen LogP contribution < -0.4 is 4.74 Å². The van der Waals surface area contributed by atoms with Crippen molar-refractivity contribution in [1.29, 1.82) is 0 Å². The minimum Gasteiger partial charge on any atom is -0.497 e. The molecule has 6 nitrogen and oxygen atoms in total. The van der Waals surface area contributed by atoms with Crippen molar-refractivity contribution >= 4 is 5.91 Å².